The van der Waals surface area contributed by atoms with Crippen molar-refractivity contribution in [1.29, 1.82) is 0 Å². The van der Waals surface area contributed by atoms with Gasteiger partial charge in [0.2, 0.25) is 0 Å². The van der Waals surface area contributed by atoms with Gasteiger partial charge in [-0.25, -0.2) is 0 Å². The first-order chi connectivity index (χ1) is 9.61. The van der Waals surface area contributed by atoms with Gasteiger partial charge in [-0.15, -0.1) is 0 Å². The van der Waals surface area contributed by atoms with Crippen LogP contribution in [0.2, 0.25) is 0 Å². The van der Waals surface area contributed by atoms with Crippen LogP contribution in [0.1, 0.15) is 11.3 Å². The van der Waals surface area contributed by atoms with Gasteiger partial charge in [-0.3, -0.25) is 0 Å². The van der Waals surface area contributed by atoms with Gasteiger partial charge in [0.1, 0.15) is 5.75 Å². The van der Waals surface area contributed by atoms with Crippen molar-refractivity contribution in [2.75, 3.05) is 7.11 Å². The van der Waals surface area contributed by atoms with E-state index in [2.05, 4.69) is 61.9 Å². The Hall–Kier alpha value is -2.22. The molecule has 0 fully saturated rings. The molecule has 2 nitrogen and oxygen atoms in total. The lowest BCUT2D eigenvalue weighted by atomic mass is 9.99. The predicted octanol–water partition coefficient (Wildman–Crippen LogP) is 4.47. The van der Waals surface area contributed by atoms with E-state index in [1.165, 1.54) is 27.7 Å². The third kappa shape index (κ3) is 1.88. The largest absolute Gasteiger partial charge is 0.496 e. The van der Waals surface area contributed by atoms with Gasteiger partial charge in [-0.1, -0.05) is 23.8 Å². The van der Waals surface area contributed by atoms with Crippen LogP contribution in [0.4, 0.5) is 0 Å². The van der Waals surface area contributed by atoms with E-state index in [1.54, 1.807) is 7.11 Å². The number of aryl methyl sites for hydroxylation is 3. The molecule has 0 aliphatic carbocycles. The molecule has 2 heteroatoms. The summed E-state index contributed by atoms with van der Waals surface area (Å²) in [6.07, 6.45) is 0. The number of rotatable bonds is 2. The topological polar surface area (TPSA) is 14.2 Å². The number of methoxy groups -OCH3 is 1. The molecule has 0 aliphatic rings. The molecule has 0 bridgehead atoms. The first-order valence-corrected chi connectivity index (χ1v) is 6.82. The maximum Gasteiger partial charge on any atom is 0.126 e. The summed E-state index contributed by atoms with van der Waals surface area (Å²) in [6.45, 7) is 4.25. The summed E-state index contributed by atoms with van der Waals surface area (Å²) in [7, 11) is 3.83. The molecule has 0 amide bonds. The average molecular weight is 265 g/mol. The van der Waals surface area contributed by atoms with Gasteiger partial charge >= 0.3 is 0 Å². The van der Waals surface area contributed by atoms with Crippen LogP contribution in [0.3, 0.4) is 0 Å². The van der Waals surface area contributed by atoms with Gasteiger partial charge in [-0.05, 0) is 43.7 Å². The Morgan fingerprint density at radius 1 is 0.950 bits per heavy atom. The molecule has 0 saturated carbocycles. The van der Waals surface area contributed by atoms with Crippen LogP contribution in [-0.2, 0) is 7.05 Å². The smallest absolute Gasteiger partial charge is 0.126 e. The highest BCUT2D eigenvalue weighted by Gasteiger charge is 2.12. The van der Waals surface area contributed by atoms with Gasteiger partial charge < -0.3 is 9.30 Å². The summed E-state index contributed by atoms with van der Waals surface area (Å²) >= 11 is 0. The van der Waals surface area contributed by atoms with Crippen LogP contribution in [0, 0.1) is 13.8 Å². The minimum absolute atomic E-state index is 0.921. The summed E-state index contributed by atoms with van der Waals surface area (Å²) in [5.74, 6) is 0.921. The van der Waals surface area contributed by atoms with E-state index in [0.717, 1.165) is 11.3 Å². The van der Waals surface area contributed by atoms with Crippen molar-refractivity contribution in [1.82, 2.24) is 4.57 Å². The lowest BCUT2D eigenvalue weighted by molar-refractivity contribution is 0.416. The molecule has 20 heavy (non-hydrogen) atoms. The van der Waals surface area contributed by atoms with E-state index in [4.69, 9.17) is 4.74 Å². The summed E-state index contributed by atoms with van der Waals surface area (Å²) in [4.78, 5) is 0. The summed E-state index contributed by atoms with van der Waals surface area (Å²) in [5, 5.41) is 1.27. The zero-order valence-corrected chi connectivity index (χ0v) is 12.4. The fourth-order valence-electron chi connectivity index (χ4n) is 2.76. The van der Waals surface area contributed by atoms with Crippen molar-refractivity contribution in [2.45, 2.75) is 13.8 Å². The summed E-state index contributed by atoms with van der Waals surface area (Å²) < 4.78 is 7.76. The van der Waals surface area contributed by atoms with Crippen LogP contribution in [0.15, 0.2) is 42.5 Å². The van der Waals surface area contributed by atoms with Crippen molar-refractivity contribution in [3.05, 3.63) is 53.7 Å². The third-order valence-electron chi connectivity index (χ3n) is 3.97. The number of hydrogen-bond acceptors (Lipinski definition) is 1. The predicted molar refractivity (Wildman–Crippen MR) is 84.4 cm³/mol. The molecule has 0 unspecified atom stereocenters. The second kappa shape index (κ2) is 4.71. The van der Waals surface area contributed by atoms with Gasteiger partial charge in [-0.2, -0.15) is 0 Å². The van der Waals surface area contributed by atoms with E-state index >= 15 is 0 Å². The standard InChI is InChI=1S/C18H19NO/c1-12-8-9-18(20-4)16(10-12)14-6-5-7-17-15(14)11-13(2)19(17)3/h5-11H,1-4H3. The normalized spacial score (nSPS) is 11.0. The van der Waals surface area contributed by atoms with Crippen molar-refractivity contribution in [3.63, 3.8) is 0 Å². The molecule has 0 aliphatic heterocycles. The Kier molecular flexibility index (Phi) is 3.01. The fraction of sp³-hybridized carbons (Fsp3) is 0.222. The summed E-state index contributed by atoms with van der Waals surface area (Å²) in [5.41, 5.74) is 6.14. The summed E-state index contributed by atoms with van der Waals surface area (Å²) in [6, 6.07) is 15.0. The molecule has 0 spiro atoms. The van der Waals surface area contributed by atoms with Crippen molar-refractivity contribution < 1.29 is 4.74 Å². The second-order valence-electron chi connectivity index (χ2n) is 5.29. The Morgan fingerprint density at radius 2 is 1.75 bits per heavy atom. The van der Waals surface area contributed by atoms with E-state index in [0.29, 0.717) is 0 Å². The molecule has 102 valence electrons. The Balaban J connectivity index is 2.35. The molecule has 3 aromatic rings. The van der Waals surface area contributed by atoms with E-state index in [-0.39, 0.29) is 0 Å². The molecule has 1 heterocycles. The van der Waals surface area contributed by atoms with Crippen LogP contribution in [-0.4, -0.2) is 11.7 Å². The van der Waals surface area contributed by atoms with Crippen molar-refractivity contribution >= 4 is 10.9 Å². The van der Waals surface area contributed by atoms with E-state index < -0.39 is 0 Å². The minimum atomic E-state index is 0.921. The monoisotopic (exact) mass is 265 g/mol. The van der Waals surface area contributed by atoms with Gasteiger partial charge in [0.25, 0.3) is 0 Å². The first-order valence-electron chi connectivity index (χ1n) is 6.82. The molecule has 0 N–H and O–H groups in total. The highest BCUT2D eigenvalue weighted by atomic mass is 16.5. The number of benzene rings is 2. The van der Waals surface area contributed by atoms with E-state index in [9.17, 15) is 0 Å². The molecule has 0 saturated heterocycles. The number of hydrogen-bond donors (Lipinski definition) is 0. The van der Waals surface area contributed by atoms with E-state index in [1.807, 2.05) is 6.07 Å². The molecule has 2 aromatic carbocycles. The molecule has 0 radical (unpaired) electrons. The molecular weight excluding hydrogens is 246 g/mol. The number of aromatic nitrogens is 1. The molecule has 1 aromatic heterocycles. The van der Waals surface area contributed by atoms with Crippen LogP contribution >= 0.6 is 0 Å². The molecule has 0 atom stereocenters. The molecular formula is C18H19NO. The number of fused-ring (bicyclic) bond motifs is 1. The Morgan fingerprint density at radius 3 is 2.50 bits per heavy atom. The SMILES string of the molecule is COc1ccc(C)cc1-c1cccc2c1cc(C)n2C. The highest BCUT2D eigenvalue weighted by molar-refractivity contribution is 5.97. The van der Waals surface area contributed by atoms with Gasteiger partial charge in [0.05, 0.1) is 7.11 Å². The van der Waals surface area contributed by atoms with Gasteiger partial charge in [0.15, 0.2) is 0 Å². The van der Waals surface area contributed by atoms with Crippen LogP contribution in [0.25, 0.3) is 22.0 Å². The second-order valence-corrected chi connectivity index (χ2v) is 5.29. The minimum Gasteiger partial charge on any atom is -0.496 e. The fourth-order valence-corrected chi connectivity index (χ4v) is 2.76. The lowest BCUT2D eigenvalue weighted by Gasteiger charge is -2.11. The highest BCUT2D eigenvalue weighted by Crippen LogP contribution is 2.36. The zero-order chi connectivity index (χ0) is 14.3. The van der Waals surface area contributed by atoms with Gasteiger partial charge in [0, 0.05) is 29.2 Å². The maximum atomic E-state index is 5.53. The average Bonchev–Trinajstić information content (AvgIpc) is 2.74. The number of ether oxygens (including phenoxy) is 1. The number of nitrogens with zero attached hydrogens (tertiary/aromatic N) is 1. The maximum absolute atomic E-state index is 5.53. The Bertz CT molecular complexity index is 783. The van der Waals surface area contributed by atoms with Crippen LogP contribution in [0.5, 0.6) is 5.75 Å². The third-order valence-corrected chi connectivity index (χ3v) is 3.97. The first kappa shape index (κ1) is 12.8. The van der Waals surface area contributed by atoms with Crippen molar-refractivity contribution in [2.24, 2.45) is 7.05 Å². The lowest BCUT2D eigenvalue weighted by Crippen LogP contribution is -1.91. The Labute approximate surface area is 119 Å². The zero-order valence-electron chi connectivity index (χ0n) is 12.4. The quantitative estimate of drug-likeness (QED) is 0.666. The van der Waals surface area contributed by atoms with Crippen molar-refractivity contribution in [3.8, 4) is 16.9 Å². The van der Waals surface area contributed by atoms with Crippen LogP contribution < -0.4 is 4.74 Å². The molecule has 3 rings (SSSR count).